The Morgan fingerprint density at radius 1 is 0.908 bits per heavy atom. The second-order valence-corrected chi connectivity index (χ2v) is 18.9. The summed E-state index contributed by atoms with van der Waals surface area (Å²) >= 11 is 6.41. The number of aryl methyl sites for hydroxylation is 1. The van der Waals surface area contributed by atoms with E-state index in [9.17, 15) is 24.4 Å². The highest BCUT2D eigenvalue weighted by molar-refractivity contribution is 6.34. The molecule has 0 bridgehead atoms. The second-order valence-electron chi connectivity index (χ2n) is 18.5. The third-order valence-corrected chi connectivity index (χ3v) is 14.7. The first-order valence-corrected chi connectivity index (χ1v) is 23.9. The Balaban J connectivity index is 0.746. The van der Waals surface area contributed by atoms with Gasteiger partial charge in [-0.05, 0) is 132 Å². The average Bonchev–Trinajstić information content (AvgIpc) is 3.32. The van der Waals surface area contributed by atoms with Crippen LogP contribution in [-0.4, -0.2) is 101 Å². The number of hydrogen-bond donors (Lipinski definition) is 2. The second kappa shape index (κ2) is 20.7. The summed E-state index contributed by atoms with van der Waals surface area (Å²) in [5, 5.41) is 26.5. The van der Waals surface area contributed by atoms with Crippen molar-refractivity contribution in [1.82, 2.24) is 30.3 Å². The molecular weight excluding hydrogens is 840 g/mol. The lowest BCUT2D eigenvalue weighted by atomic mass is 9.81. The number of hydrogen-bond acceptors (Lipinski definition) is 11. The number of rotatable bonds is 14. The van der Waals surface area contributed by atoms with E-state index in [1.807, 2.05) is 30.2 Å². The fourth-order valence-electron chi connectivity index (χ4n) is 10.4. The molecule has 0 radical (unpaired) electrons. The molecule has 14 nitrogen and oxygen atoms in total. The van der Waals surface area contributed by atoms with E-state index in [0.717, 1.165) is 129 Å². The van der Waals surface area contributed by atoms with Crippen molar-refractivity contribution in [3.05, 3.63) is 81.6 Å². The molecule has 8 rings (SSSR count). The Morgan fingerprint density at radius 3 is 2.37 bits per heavy atom. The summed E-state index contributed by atoms with van der Waals surface area (Å²) in [6.45, 7) is 12.4. The van der Waals surface area contributed by atoms with Crippen LogP contribution < -0.4 is 20.4 Å². The lowest BCUT2D eigenvalue weighted by Gasteiger charge is -2.36. The molecule has 4 aromatic rings. The zero-order valence-corrected chi connectivity index (χ0v) is 38.7. The minimum atomic E-state index is -0.526. The number of nitrogens with one attached hydrogen (secondary N) is 2. The third-order valence-electron chi connectivity index (χ3n) is 14.4. The number of halogens is 1. The highest BCUT2D eigenvalue weighted by Crippen LogP contribution is 2.34. The lowest BCUT2D eigenvalue weighted by molar-refractivity contribution is -0.129. The molecule has 2 aromatic heterocycles. The van der Waals surface area contributed by atoms with Gasteiger partial charge in [-0.1, -0.05) is 42.6 Å². The topological polar surface area (TPSA) is 168 Å². The Hall–Kier alpha value is -5.65. The molecule has 342 valence electrons. The van der Waals surface area contributed by atoms with Gasteiger partial charge in [0.25, 0.3) is 5.91 Å². The highest BCUT2D eigenvalue weighted by atomic mass is 35.5. The Morgan fingerprint density at radius 2 is 1.65 bits per heavy atom. The minimum absolute atomic E-state index is 0.0469. The van der Waals surface area contributed by atoms with Crippen LogP contribution in [-0.2, 0) is 16.0 Å². The number of likely N-dealkylation sites (tertiary alicyclic amines) is 2. The van der Waals surface area contributed by atoms with Crippen LogP contribution in [0.25, 0.3) is 10.8 Å². The summed E-state index contributed by atoms with van der Waals surface area (Å²) < 4.78 is 0. The summed E-state index contributed by atoms with van der Waals surface area (Å²) in [6.07, 6.45) is 11.4. The molecule has 2 N–H and O–H groups in total. The van der Waals surface area contributed by atoms with Gasteiger partial charge in [-0.25, -0.2) is 9.78 Å². The number of benzene rings is 2. The maximum absolute atomic E-state index is 13.8. The van der Waals surface area contributed by atoms with Crippen LogP contribution in [0, 0.1) is 42.9 Å². The number of amides is 4. The van der Waals surface area contributed by atoms with Crippen LogP contribution >= 0.6 is 11.6 Å². The summed E-state index contributed by atoms with van der Waals surface area (Å²) in [7, 11) is 0. The molecule has 1 atom stereocenters. The number of unbranched alkanes of at least 4 members (excludes halogenated alkanes) is 1. The van der Waals surface area contributed by atoms with Crippen LogP contribution in [0.5, 0.6) is 0 Å². The van der Waals surface area contributed by atoms with E-state index in [1.165, 1.54) is 4.90 Å². The van der Waals surface area contributed by atoms with Gasteiger partial charge in [0.05, 0.1) is 34.9 Å². The average molecular weight is 902 g/mol. The van der Waals surface area contributed by atoms with Crippen LogP contribution in [0.2, 0.25) is 5.02 Å². The largest absolute Gasteiger partial charge is 0.362 e. The number of imide groups is 1. The first-order chi connectivity index (χ1) is 31.5. The summed E-state index contributed by atoms with van der Waals surface area (Å²) in [4.78, 5) is 64.3. The van der Waals surface area contributed by atoms with Gasteiger partial charge in [0.1, 0.15) is 11.6 Å². The van der Waals surface area contributed by atoms with Crippen molar-refractivity contribution in [1.29, 1.82) is 5.26 Å². The zero-order chi connectivity index (χ0) is 45.6. The molecule has 4 amide bonds. The third kappa shape index (κ3) is 10.6. The molecule has 65 heavy (non-hydrogen) atoms. The molecule has 0 unspecified atom stereocenters. The van der Waals surface area contributed by atoms with Gasteiger partial charge >= 0.3 is 6.03 Å². The minimum Gasteiger partial charge on any atom is -0.362 e. The molecule has 0 aliphatic carbocycles. The number of carbonyl (C=O) groups is 4. The number of carbonyl (C=O) groups excluding carboxylic acids is 4. The van der Waals surface area contributed by atoms with Gasteiger partial charge in [-0.3, -0.25) is 24.6 Å². The number of piperidine rings is 3. The van der Waals surface area contributed by atoms with Gasteiger partial charge in [-0.15, -0.1) is 5.10 Å². The van der Waals surface area contributed by atoms with Gasteiger partial charge in [-0.2, -0.15) is 10.4 Å². The molecule has 0 saturated carbocycles. The van der Waals surface area contributed by atoms with Crippen LogP contribution in [0.1, 0.15) is 110 Å². The van der Waals surface area contributed by atoms with Crippen LogP contribution in [0.15, 0.2) is 48.7 Å². The van der Waals surface area contributed by atoms with Crippen LogP contribution in [0.3, 0.4) is 0 Å². The Labute approximate surface area is 387 Å². The van der Waals surface area contributed by atoms with Crippen molar-refractivity contribution in [2.24, 2.45) is 17.8 Å². The molecular formula is C50H61ClN10O4. The first kappa shape index (κ1) is 45.9. The Kier molecular flexibility index (Phi) is 14.6. The summed E-state index contributed by atoms with van der Waals surface area (Å²) in [6, 6.07) is 14.9. The summed E-state index contributed by atoms with van der Waals surface area (Å²) in [5.74, 6) is 2.50. The van der Waals surface area contributed by atoms with Crippen molar-refractivity contribution < 1.29 is 19.2 Å². The predicted molar refractivity (Wildman–Crippen MR) is 253 cm³/mol. The summed E-state index contributed by atoms with van der Waals surface area (Å²) in [5.41, 5.74) is 5.02. The molecule has 4 aliphatic rings. The van der Waals surface area contributed by atoms with Crippen LogP contribution in [0.4, 0.5) is 22.1 Å². The Bertz CT molecular complexity index is 2450. The van der Waals surface area contributed by atoms with Crippen molar-refractivity contribution >= 4 is 63.3 Å². The van der Waals surface area contributed by atoms with E-state index in [1.54, 1.807) is 18.2 Å². The van der Waals surface area contributed by atoms with E-state index < -0.39 is 6.03 Å². The number of aromatic nitrogens is 3. The normalized spacial score (nSPS) is 18.7. The van der Waals surface area contributed by atoms with Crippen molar-refractivity contribution in [3.63, 3.8) is 0 Å². The number of nitriles is 1. The number of ketones is 1. The molecule has 4 saturated heterocycles. The van der Waals surface area contributed by atoms with E-state index in [0.29, 0.717) is 53.3 Å². The fraction of sp³-hybridized carbons (Fsp3) is 0.520. The molecule has 6 heterocycles. The lowest BCUT2D eigenvalue weighted by Crippen LogP contribution is -2.49. The van der Waals surface area contributed by atoms with Crippen molar-refractivity contribution in [2.45, 2.75) is 97.4 Å². The van der Waals surface area contributed by atoms with Gasteiger partial charge in [0.2, 0.25) is 5.91 Å². The molecule has 0 spiro atoms. The monoisotopic (exact) mass is 900 g/mol. The number of pyridine rings is 1. The van der Waals surface area contributed by atoms with E-state index >= 15 is 0 Å². The van der Waals surface area contributed by atoms with E-state index in [2.05, 4.69) is 62.7 Å². The highest BCUT2D eigenvalue weighted by Gasteiger charge is 2.33. The van der Waals surface area contributed by atoms with E-state index in [-0.39, 0.29) is 42.7 Å². The molecule has 2 aromatic carbocycles. The molecule has 4 fully saturated rings. The van der Waals surface area contributed by atoms with Gasteiger partial charge in [0, 0.05) is 73.5 Å². The molecule has 4 aliphatic heterocycles. The smallest absolute Gasteiger partial charge is 0.328 e. The standard InChI is InChI=1S/C50H61ClN10O4/c1-32-36(12-20-52)8-6-9-40(32)33(2)54-48-41-30-45(53-31-42(41)34(3)56-57-48)59-26-17-38(18-27-59)47(63)37-15-22-58(23-16-37)21-5-4-7-35-13-24-60(25-14-35)49(64)39-10-11-43(51)44(29-39)61-28-19-46(62)55-50(61)65/h6,8-11,29-31,33,35,37-38H,4-5,7,12-19,21-28H2,1-3H3,(H,54,57)(H,55,62,65)/t33-/m1/s1. The number of Topliss-reactive ketones (excluding diaryl/α,β-unsaturated/α-hetero) is 1. The first-order valence-electron chi connectivity index (χ1n) is 23.5. The predicted octanol–water partition coefficient (Wildman–Crippen LogP) is 8.20. The van der Waals surface area contributed by atoms with Gasteiger partial charge in [0.15, 0.2) is 5.82 Å². The number of fused-ring (bicyclic) bond motifs is 1. The molecule has 15 heteroatoms. The number of urea groups is 1. The van der Waals surface area contributed by atoms with Gasteiger partial charge < -0.3 is 20.0 Å². The quantitative estimate of drug-likeness (QED) is 0.117. The maximum atomic E-state index is 13.8. The maximum Gasteiger partial charge on any atom is 0.328 e. The van der Waals surface area contributed by atoms with Crippen molar-refractivity contribution in [3.8, 4) is 6.07 Å². The SMILES string of the molecule is Cc1c(CC#N)cccc1[C@@H](C)Nc1nnc(C)c2cnc(N3CCC(C(=O)C4CCN(CCCCC5CCN(C(=O)c6ccc(Cl)c(N7CCC(=O)NC7=O)c6)CC5)CC4)CC3)cc12. The zero-order valence-electron chi connectivity index (χ0n) is 38.0. The fourth-order valence-corrected chi connectivity index (χ4v) is 10.6. The number of nitrogens with zero attached hydrogens (tertiary/aromatic N) is 8. The van der Waals surface area contributed by atoms with Crippen molar-refractivity contribution in [2.75, 3.05) is 67.5 Å². The van der Waals surface area contributed by atoms with E-state index in [4.69, 9.17) is 16.6 Å². The number of anilines is 3.